The number of carboxylic acid groups (broad SMARTS) is 1. The fraction of sp³-hybridized carbons (Fsp3) is 0.214. The van der Waals surface area contributed by atoms with E-state index in [0.29, 0.717) is 12.4 Å². The molecule has 98 valence electrons. The van der Waals surface area contributed by atoms with Crippen molar-refractivity contribution in [3.8, 4) is 11.4 Å². The van der Waals surface area contributed by atoms with E-state index in [0.717, 1.165) is 11.1 Å². The summed E-state index contributed by atoms with van der Waals surface area (Å²) in [6, 6.07) is 9.11. The fourth-order valence-corrected chi connectivity index (χ4v) is 1.54. The summed E-state index contributed by atoms with van der Waals surface area (Å²) in [7, 11) is 0. The summed E-state index contributed by atoms with van der Waals surface area (Å²) in [6.07, 6.45) is 3.41. The van der Waals surface area contributed by atoms with Gasteiger partial charge in [-0.15, -0.1) is 0 Å². The van der Waals surface area contributed by atoms with E-state index in [1.807, 2.05) is 30.3 Å². The molecule has 1 aromatic heterocycles. The molecule has 0 spiro atoms. The van der Waals surface area contributed by atoms with E-state index in [1.165, 1.54) is 0 Å². The highest BCUT2D eigenvalue weighted by Crippen LogP contribution is 2.13. The van der Waals surface area contributed by atoms with E-state index in [4.69, 9.17) is 5.11 Å². The molecule has 2 N–H and O–H groups in total. The Labute approximate surface area is 111 Å². The minimum atomic E-state index is -0.873. The Morgan fingerprint density at radius 2 is 1.89 bits per heavy atom. The van der Waals surface area contributed by atoms with Crippen LogP contribution in [0.2, 0.25) is 0 Å². The van der Waals surface area contributed by atoms with Gasteiger partial charge < -0.3 is 10.4 Å². The van der Waals surface area contributed by atoms with Gasteiger partial charge in [-0.05, 0) is 6.92 Å². The number of hydrogen-bond donors (Lipinski definition) is 2. The number of aromatic nitrogens is 2. The third-order valence-electron chi connectivity index (χ3n) is 2.72. The highest BCUT2D eigenvalue weighted by molar-refractivity contribution is 5.72. The van der Waals surface area contributed by atoms with Crippen LogP contribution in [0.3, 0.4) is 0 Å². The molecule has 1 heterocycles. The number of benzene rings is 1. The minimum Gasteiger partial charge on any atom is -0.480 e. The summed E-state index contributed by atoms with van der Waals surface area (Å²) >= 11 is 0. The molecule has 5 heteroatoms. The molecule has 2 aromatic rings. The molecule has 19 heavy (non-hydrogen) atoms. The molecule has 0 radical (unpaired) electrons. The van der Waals surface area contributed by atoms with Gasteiger partial charge in [0, 0.05) is 30.1 Å². The monoisotopic (exact) mass is 257 g/mol. The van der Waals surface area contributed by atoms with Gasteiger partial charge in [-0.3, -0.25) is 4.79 Å². The zero-order valence-electron chi connectivity index (χ0n) is 10.6. The van der Waals surface area contributed by atoms with Crippen LogP contribution in [0.5, 0.6) is 0 Å². The van der Waals surface area contributed by atoms with Crippen molar-refractivity contribution in [3.63, 3.8) is 0 Å². The van der Waals surface area contributed by atoms with Crippen LogP contribution < -0.4 is 5.32 Å². The Hall–Kier alpha value is -2.27. The van der Waals surface area contributed by atoms with Crippen LogP contribution in [0.1, 0.15) is 12.5 Å². The van der Waals surface area contributed by atoms with Crippen LogP contribution in [0.15, 0.2) is 42.7 Å². The van der Waals surface area contributed by atoms with E-state index >= 15 is 0 Å². The lowest BCUT2D eigenvalue weighted by molar-refractivity contribution is -0.139. The summed E-state index contributed by atoms with van der Waals surface area (Å²) in [5, 5.41) is 11.6. The smallest absolute Gasteiger partial charge is 0.320 e. The first-order chi connectivity index (χ1) is 9.16. The molecule has 0 aliphatic rings. The Morgan fingerprint density at radius 1 is 1.26 bits per heavy atom. The summed E-state index contributed by atoms with van der Waals surface area (Å²) < 4.78 is 0. The third kappa shape index (κ3) is 3.59. The maximum Gasteiger partial charge on any atom is 0.320 e. The van der Waals surface area contributed by atoms with E-state index < -0.39 is 12.0 Å². The van der Waals surface area contributed by atoms with Crippen LogP contribution in [-0.2, 0) is 11.3 Å². The van der Waals surface area contributed by atoms with Gasteiger partial charge in [0.2, 0.25) is 0 Å². The van der Waals surface area contributed by atoms with Crippen molar-refractivity contribution in [3.05, 3.63) is 48.3 Å². The second-order valence-electron chi connectivity index (χ2n) is 4.22. The van der Waals surface area contributed by atoms with Gasteiger partial charge in [0.05, 0.1) is 0 Å². The van der Waals surface area contributed by atoms with Crippen LogP contribution in [-0.4, -0.2) is 27.1 Å². The van der Waals surface area contributed by atoms with Gasteiger partial charge >= 0.3 is 5.97 Å². The van der Waals surface area contributed by atoms with E-state index in [2.05, 4.69) is 15.3 Å². The van der Waals surface area contributed by atoms with Crippen molar-refractivity contribution in [2.75, 3.05) is 0 Å². The molecule has 0 aliphatic heterocycles. The third-order valence-corrected chi connectivity index (χ3v) is 2.72. The summed E-state index contributed by atoms with van der Waals surface area (Å²) in [6.45, 7) is 2.03. The zero-order valence-corrected chi connectivity index (χ0v) is 10.6. The number of nitrogens with one attached hydrogen (secondary N) is 1. The van der Waals surface area contributed by atoms with Crippen molar-refractivity contribution in [2.45, 2.75) is 19.5 Å². The Bertz CT molecular complexity index is 540. The predicted octanol–water partition coefficient (Wildman–Crippen LogP) is 1.71. The molecule has 1 atom stereocenters. The molecule has 0 saturated heterocycles. The molecule has 0 bridgehead atoms. The average Bonchev–Trinajstić information content (AvgIpc) is 2.46. The molecule has 5 nitrogen and oxygen atoms in total. The first kappa shape index (κ1) is 13.2. The zero-order chi connectivity index (χ0) is 13.7. The highest BCUT2D eigenvalue weighted by Gasteiger charge is 2.09. The molecule has 0 aliphatic carbocycles. The summed E-state index contributed by atoms with van der Waals surface area (Å²) in [5.74, 6) is -0.211. The minimum absolute atomic E-state index is 0.433. The molecule has 0 amide bonds. The van der Waals surface area contributed by atoms with Gasteiger partial charge in [-0.1, -0.05) is 30.3 Å². The highest BCUT2D eigenvalue weighted by atomic mass is 16.4. The van der Waals surface area contributed by atoms with Gasteiger partial charge in [-0.25, -0.2) is 9.97 Å². The average molecular weight is 257 g/mol. The van der Waals surface area contributed by atoms with Crippen molar-refractivity contribution in [1.82, 2.24) is 15.3 Å². The number of nitrogens with zero attached hydrogens (tertiary/aromatic N) is 2. The van der Waals surface area contributed by atoms with E-state index in [9.17, 15) is 4.79 Å². The largest absolute Gasteiger partial charge is 0.480 e. The number of carbonyl (C=O) groups is 1. The molecular weight excluding hydrogens is 242 g/mol. The Kier molecular flexibility index (Phi) is 4.20. The Balaban J connectivity index is 2.01. The molecule has 1 aromatic carbocycles. The number of hydrogen-bond acceptors (Lipinski definition) is 4. The SMILES string of the molecule is C[C@H](NCc1cnc(-c2ccccc2)nc1)C(=O)O. The van der Waals surface area contributed by atoms with Crippen LogP contribution in [0, 0.1) is 0 Å². The summed E-state index contributed by atoms with van der Waals surface area (Å²) in [5.41, 5.74) is 1.81. The number of aliphatic carboxylic acids is 1. The lowest BCUT2D eigenvalue weighted by atomic mass is 10.2. The first-order valence-corrected chi connectivity index (χ1v) is 5.99. The van der Waals surface area contributed by atoms with Crippen molar-refractivity contribution in [2.24, 2.45) is 0 Å². The topological polar surface area (TPSA) is 75.1 Å². The molecule has 0 fully saturated rings. The number of carboxylic acids is 1. The molecule has 0 saturated carbocycles. The quantitative estimate of drug-likeness (QED) is 0.852. The normalized spacial score (nSPS) is 12.1. The Morgan fingerprint density at radius 3 is 2.47 bits per heavy atom. The van der Waals surface area contributed by atoms with Gasteiger partial charge in [-0.2, -0.15) is 0 Å². The van der Waals surface area contributed by atoms with Crippen molar-refractivity contribution in [1.29, 1.82) is 0 Å². The number of rotatable bonds is 5. The van der Waals surface area contributed by atoms with Crippen LogP contribution in [0.4, 0.5) is 0 Å². The molecule has 0 unspecified atom stereocenters. The second-order valence-corrected chi connectivity index (χ2v) is 4.22. The van der Waals surface area contributed by atoms with Gasteiger partial charge in [0.1, 0.15) is 6.04 Å². The van der Waals surface area contributed by atoms with E-state index in [-0.39, 0.29) is 0 Å². The maximum atomic E-state index is 10.7. The second kappa shape index (κ2) is 6.06. The van der Waals surface area contributed by atoms with E-state index in [1.54, 1.807) is 19.3 Å². The lowest BCUT2D eigenvalue weighted by Crippen LogP contribution is -2.33. The lowest BCUT2D eigenvalue weighted by Gasteiger charge is -2.08. The predicted molar refractivity (Wildman–Crippen MR) is 71.4 cm³/mol. The van der Waals surface area contributed by atoms with Gasteiger partial charge in [0.15, 0.2) is 5.82 Å². The van der Waals surface area contributed by atoms with Crippen LogP contribution in [0.25, 0.3) is 11.4 Å². The van der Waals surface area contributed by atoms with Crippen molar-refractivity contribution >= 4 is 5.97 Å². The standard InChI is InChI=1S/C14H15N3O2/c1-10(14(18)19)15-7-11-8-16-13(17-9-11)12-5-3-2-4-6-12/h2-6,8-10,15H,7H2,1H3,(H,18,19)/t10-/m0/s1. The van der Waals surface area contributed by atoms with Crippen molar-refractivity contribution < 1.29 is 9.90 Å². The molecular formula is C14H15N3O2. The fourth-order valence-electron chi connectivity index (χ4n) is 1.54. The van der Waals surface area contributed by atoms with Gasteiger partial charge in [0.25, 0.3) is 0 Å². The molecule has 2 rings (SSSR count). The first-order valence-electron chi connectivity index (χ1n) is 5.99. The summed E-state index contributed by atoms with van der Waals surface area (Å²) in [4.78, 5) is 19.2. The maximum absolute atomic E-state index is 10.7. The van der Waals surface area contributed by atoms with Crippen LogP contribution >= 0.6 is 0 Å².